The van der Waals surface area contributed by atoms with Gasteiger partial charge in [-0.2, -0.15) is 0 Å². The Hall–Kier alpha value is -3.93. The molecule has 1 aliphatic rings. The van der Waals surface area contributed by atoms with Crippen LogP contribution >= 0.6 is 0 Å². The molecule has 1 unspecified atom stereocenters. The van der Waals surface area contributed by atoms with Crippen molar-refractivity contribution < 1.29 is 14.4 Å². The SMILES string of the molecule is Cc1ccc(NC(=O)NN2C(=O)C(CC(=O)c3ccccc3)c3ccccc32)cc1. The summed E-state index contributed by atoms with van der Waals surface area (Å²) in [5.41, 5.74) is 6.17. The van der Waals surface area contributed by atoms with E-state index in [2.05, 4.69) is 10.7 Å². The summed E-state index contributed by atoms with van der Waals surface area (Å²) in [6.07, 6.45) is 0.0393. The lowest BCUT2D eigenvalue weighted by Gasteiger charge is -2.19. The fraction of sp³-hybridized carbons (Fsp3) is 0.125. The molecule has 3 amide bonds. The molecule has 0 saturated carbocycles. The molecule has 3 aromatic carbocycles. The van der Waals surface area contributed by atoms with Gasteiger partial charge in [-0.3, -0.25) is 9.59 Å². The van der Waals surface area contributed by atoms with Crippen molar-refractivity contribution in [1.82, 2.24) is 5.43 Å². The Morgan fingerprint density at radius 3 is 2.30 bits per heavy atom. The van der Waals surface area contributed by atoms with Gasteiger partial charge in [-0.25, -0.2) is 15.2 Å². The summed E-state index contributed by atoms with van der Waals surface area (Å²) < 4.78 is 0. The van der Waals surface area contributed by atoms with Crippen LogP contribution in [0.25, 0.3) is 0 Å². The van der Waals surface area contributed by atoms with Gasteiger partial charge in [0.15, 0.2) is 5.78 Å². The molecule has 6 nitrogen and oxygen atoms in total. The smallest absolute Gasteiger partial charge is 0.307 e. The van der Waals surface area contributed by atoms with E-state index in [9.17, 15) is 14.4 Å². The van der Waals surface area contributed by atoms with E-state index in [-0.39, 0.29) is 18.1 Å². The van der Waals surface area contributed by atoms with Gasteiger partial charge in [0.25, 0.3) is 5.91 Å². The third kappa shape index (κ3) is 3.93. The molecule has 0 bridgehead atoms. The summed E-state index contributed by atoms with van der Waals surface area (Å²) in [5.74, 6) is -1.09. The number of ketones is 1. The van der Waals surface area contributed by atoms with Crippen molar-refractivity contribution in [2.24, 2.45) is 0 Å². The number of carbonyl (C=O) groups is 3. The van der Waals surface area contributed by atoms with Crippen LogP contribution in [0.2, 0.25) is 0 Å². The number of anilines is 2. The van der Waals surface area contributed by atoms with Gasteiger partial charge < -0.3 is 5.32 Å². The van der Waals surface area contributed by atoms with Gasteiger partial charge in [0.1, 0.15) is 0 Å². The van der Waals surface area contributed by atoms with Crippen molar-refractivity contribution in [3.63, 3.8) is 0 Å². The van der Waals surface area contributed by atoms with Gasteiger partial charge >= 0.3 is 6.03 Å². The van der Waals surface area contributed by atoms with E-state index in [4.69, 9.17) is 0 Å². The number of hydrazine groups is 1. The summed E-state index contributed by atoms with van der Waals surface area (Å²) in [6, 6.07) is 22.9. The Kier molecular flexibility index (Phi) is 5.30. The fourth-order valence-corrected chi connectivity index (χ4v) is 3.53. The first kappa shape index (κ1) is 19.4. The quantitative estimate of drug-likeness (QED) is 0.623. The molecular weight excluding hydrogens is 378 g/mol. The molecule has 0 saturated heterocycles. The van der Waals surface area contributed by atoms with Crippen molar-refractivity contribution in [1.29, 1.82) is 0 Å². The van der Waals surface area contributed by atoms with E-state index in [1.165, 1.54) is 5.01 Å². The average Bonchev–Trinajstić information content (AvgIpc) is 3.02. The van der Waals surface area contributed by atoms with Crippen molar-refractivity contribution >= 4 is 29.1 Å². The summed E-state index contributed by atoms with van der Waals surface area (Å²) >= 11 is 0. The molecule has 1 heterocycles. The van der Waals surface area contributed by atoms with Crippen molar-refractivity contribution in [2.45, 2.75) is 19.3 Å². The number of fused-ring (bicyclic) bond motifs is 1. The first-order chi connectivity index (χ1) is 14.5. The lowest BCUT2D eigenvalue weighted by molar-refractivity contribution is -0.119. The van der Waals surface area contributed by atoms with Crippen LogP contribution < -0.4 is 15.8 Å². The first-order valence-corrected chi connectivity index (χ1v) is 9.68. The van der Waals surface area contributed by atoms with Crippen LogP contribution in [0.5, 0.6) is 0 Å². The maximum atomic E-state index is 13.1. The van der Waals surface area contributed by atoms with Crippen LogP contribution in [-0.2, 0) is 4.79 Å². The van der Waals surface area contributed by atoms with Crippen molar-refractivity contribution in [3.8, 4) is 0 Å². The summed E-state index contributed by atoms with van der Waals surface area (Å²) in [4.78, 5) is 38.3. The Morgan fingerprint density at radius 2 is 1.57 bits per heavy atom. The zero-order chi connectivity index (χ0) is 21.1. The Balaban J connectivity index is 1.52. The molecular formula is C24H21N3O3. The second-order valence-corrected chi connectivity index (χ2v) is 7.21. The Morgan fingerprint density at radius 1 is 0.900 bits per heavy atom. The number of Topliss-reactive ketones (excluding diaryl/α,β-unsaturated/α-hetero) is 1. The second kappa shape index (κ2) is 8.21. The highest BCUT2D eigenvalue weighted by Gasteiger charge is 2.39. The number of hydrogen-bond donors (Lipinski definition) is 2. The molecule has 150 valence electrons. The summed E-state index contributed by atoms with van der Waals surface area (Å²) in [7, 11) is 0. The van der Waals surface area contributed by atoms with E-state index in [0.29, 0.717) is 16.9 Å². The molecule has 1 atom stereocenters. The highest BCUT2D eigenvalue weighted by Crippen LogP contribution is 2.38. The summed E-state index contributed by atoms with van der Waals surface area (Å²) in [5, 5.41) is 3.94. The van der Waals surface area contributed by atoms with Gasteiger partial charge in [-0.05, 0) is 30.7 Å². The molecule has 4 rings (SSSR count). The number of aryl methyl sites for hydroxylation is 1. The molecule has 2 N–H and O–H groups in total. The zero-order valence-electron chi connectivity index (χ0n) is 16.5. The normalized spacial score (nSPS) is 14.9. The number of urea groups is 1. The Labute approximate surface area is 174 Å². The topological polar surface area (TPSA) is 78.5 Å². The zero-order valence-corrected chi connectivity index (χ0v) is 16.5. The molecule has 3 aromatic rings. The monoisotopic (exact) mass is 399 g/mol. The van der Waals surface area contributed by atoms with Crippen LogP contribution in [0, 0.1) is 6.92 Å². The lowest BCUT2D eigenvalue weighted by Crippen LogP contribution is -2.47. The molecule has 6 heteroatoms. The highest BCUT2D eigenvalue weighted by atomic mass is 16.2. The molecule has 0 spiro atoms. The maximum absolute atomic E-state index is 13.1. The minimum Gasteiger partial charge on any atom is -0.307 e. The molecule has 0 aliphatic carbocycles. The van der Waals surface area contributed by atoms with Crippen molar-refractivity contribution in [3.05, 3.63) is 95.6 Å². The number of nitrogens with one attached hydrogen (secondary N) is 2. The number of benzene rings is 3. The van der Waals surface area contributed by atoms with Crippen LogP contribution in [0.1, 0.15) is 33.8 Å². The second-order valence-electron chi connectivity index (χ2n) is 7.21. The van der Waals surface area contributed by atoms with Gasteiger partial charge in [-0.15, -0.1) is 0 Å². The minimum atomic E-state index is -0.645. The van der Waals surface area contributed by atoms with Gasteiger partial charge in [0.05, 0.1) is 11.6 Å². The molecule has 0 aromatic heterocycles. The van der Waals surface area contributed by atoms with Crippen LogP contribution in [-0.4, -0.2) is 17.7 Å². The van der Waals surface area contributed by atoms with E-state index in [0.717, 1.165) is 11.1 Å². The number of hydrogen-bond acceptors (Lipinski definition) is 3. The molecule has 1 aliphatic heterocycles. The van der Waals surface area contributed by atoms with Gasteiger partial charge in [0, 0.05) is 17.7 Å². The van der Waals surface area contributed by atoms with Crippen molar-refractivity contribution in [2.75, 3.05) is 10.3 Å². The third-order valence-corrected chi connectivity index (χ3v) is 5.08. The number of nitrogens with zero attached hydrogens (tertiary/aromatic N) is 1. The van der Waals surface area contributed by atoms with Gasteiger partial charge in [-0.1, -0.05) is 66.2 Å². The number of rotatable bonds is 5. The maximum Gasteiger partial charge on any atom is 0.338 e. The number of para-hydroxylation sites is 1. The van der Waals surface area contributed by atoms with Crippen LogP contribution in [0.3, 0.4) is 0 Å². The van der Waals surface area contributed by atoms with Gasteiger partial charge in [0.2, 0.25) is 0 Å². The fourth-order valence-electron chi connectivity index (χ4n) is 3.53. The van der Waals surface area contributed by atoms with E-state index in [1.54, 1.807) is 48.5 Å². The van der Waals surface area contributed by atoms with E-state index < -0.39 is 11.9 Å². The Bertz CT molecular complexity index is 1090. The van der Waals surface area contributed by atoms with E-state index in [1.807, 2.05) is 37.3 Å². The molecule has 30 heavy (non-hydrogen) atoms. The molecule has 0 fully saturated rings. The highest BCUT2D eigenvalue weighted by molar-refractivity contribution is 6.10. The van der Waals surface area contributed by atoms with E-state index >= 15 is 0 Å². The standard InChI is InChI=1S/C24H21N3O3/c1-16-11-13-18(14-12-16)25-24(30)26-27-21-10-6-5-9-19(21)20(23(27)29)15-22(28)17-7-3-2-4-8-17/h2-14,20H,15H2,1H3,(H2,25,26,30). The average molecular weight is 399 g/mol. The molecule has 0 radical (unpaired) electrons. The lowest BCUT2D eigenvalue weighted by atomic mass is 9.93. The largest absolute Gasteiger partial charge is 0.338 e. The predicted molar refractivity (Wildman–Crippen MR) is 115 cm³/mol. The first-order valence-electron chi connectivity index (χ1n) is 9.68. The minimum absolute atomic E-state index is 0.0393. The predicted octanol–water partition coefficient (Wildman–Crippen LogP) is 4.43. The summed E-state index contributed by atoms with van der Waals surface area (Å²) in [6.45, 7) is 1.96. The third-order valence-electron chi connectivity index (χ3n) is 5.08. The van der Waals surface area contributed by atoms with Crippen LogP contribution in [0.4, 0.5) is 16.2 Å². The van der Waals surface area contributed by atoms with Crippen LogP contribution in [0.15, 0.2) is 78.9 Å². The number of amides is 3. The number of carbonyl (C=O) groups excluding carboxylic acids is 3.